The first kappa shape index (κ1) is 18.1. The number of ether oxygens (including phenoxy) is 1. The molecule has 3 nitrogen and oxygen atoms in total. The Balaban J connectivity index is 1.92. The number of hydrogen-bond acceptors (Lipinski definition) is 4. The van der Waals surface area contributed by atoms with E-state index in [1.54, 1.807) is 30.2 Å². The Morgan fingerprint density at radius 2 is 2.00 bits per heavy atom. The van der Waals surface area contributed by atoms with Gasteiger partial charge in [-0.3, -0.25) is 9.69 Å². The van der Waals surface area contributed by atoms with E-state index >= 15 is 0 Å². The minimum absolute atomic E-state index is 0.0324. The van der Waals surface area contributed by atoms with Crippen LogP contribution in [0.3, 0.4) is 0 Å². The summed E-state index contributed by atoms with van der Waals surface area (Å²) < 4.78 is 5.97. The van der Waals surface area contributed by atoms with Gasteiger partial charge in [0.05, 0.1) is 17.0 Å². The Morgan fingerprint density at radius 3 is 2.67 bits per heavy atom. The lowest BCUT2D eigenvalue weighted by Gasteiger charge is -2.29. The van der Waals surface area contributed by atoms with Gasteiger partial charge in [-0.25, -0.2) is 0 Å². The maximum absolute atomic E-state index is 12.8. The van der Waals surface area contributed by atoms with Crippen molar-refractivity contribution in [1.29, 1.82) is 0 Å². The molecule has 1 heterocycles. The molecule has 1 saturated heterocycles. The standard InChI is InChI=1S/C17H17Cl2NO2S2/c1-22-15-10(7-11(18)9-13(15)19)8-14-16(21)20(17(23)24-14)12-5-3-2-4-6-12/h7-9,12H,2-6H2,1H3. The van der Waals surface area contributed by atoms with Crippen molar-refractivity contribution < 1.29 is 9.53 Å². The largest absolute Gasteiger partial charge is 0.495 e. The molecule has 0 N–H and O–H groups in total. The number of benzene rings is 1. The number of methoxy groups -OCH3 is 1. The number of hydrogen-bond donors (Lipinski definition) is 0. The monoisotopic (exact) mass is 401 g/mol. The van der Waals surface area contributed by atoms with E-state index in [9.17, 15) is 4.79 Å². The summed E-state index contributed by atoms with van der Waals surface area (Å²) in [6.07, 6.45) is 7.34. The summed E-state index contributed by atoms with van der Waals surface area (Å²) in [6, 6.07) is 3.58. The summed E-state index contributed by atoms with van der Waals surface area (Å²) in [5.74, 6) is 0.471. The van der Waals surface area contributed by atoms with Crippen LogP contribution in [0, 0.1) is 0 Å². The van der Waals surface area contributed by atoms with Gasteiger partial charge in [0.15, 0.2) is 0 Å². The normalized spacial score (nSPS) is 21.0. The molecule has 0 spiro atoms. The molecule has 0 bridgehead atoms. The van der Waals surface area contributed by atoms with E-state index in [-0.39, 0.29) is 11.9 Å². The summed E-state index contributed by atoms with van der Waals surface area (Å²) >= 11 is 19.0. The number of rotatable bonds is 3. The van der Waals surface area contributed by atoms with Crippen molar-refractivity contribution in [3.8, 4) is 5.75 Å². The van der Waals surface area contributed by atoms with Crippen molar-refractivity contribution in [3.63, 3.8) is 0 Å². The average molecular weight is 402 g/mol. The first-order chi connectivity index (χ1) is 11.5. The van der Waals surface area contributed by atoms with Crippen LogP contribution in [0.25, 0.3) is 6.08 Å². The van der Waals surface area contributed by atoms with Crippen molar-refractivity contribution in [2.24, 2.45) is 0 Å². The van der Waals surface area contributed by atoms with Gasteiger partial charge in [0, 0.05) is 16.6 Å². The van der Waals surface area contributed by atoms with E-state index in [0.717, 1.165) is 25.7 Å². The second kappa shape index (κ2) is 7.65. The predicted molar refractivity (Wildman–Crippen MR) is 105 cm³/mol. The highest BCUT2D eigenvalue weighted by Crippen LogP contribution is 2.40. The van der Waals surface area contributed by atoms with Crippen LogP contribution in [-0.2, 0) is 4.79 Å². The van der Waals surface area contributed by atoms with Crippen molar-refractivity contribution in [3.05, 3.63) is 32.6 Å². The molecule has 128 valence electrons. The topological polar surface area (TPSA) is 29.5 Å². The van der Waals surface area contributed by atoms with Crippen LogP contribution in [0.2, 0.25) is 10.0 Å². The number of amides is 1. The summed E-state index contributed by atoms with van der Waals surface area (Å²) in [7, 11) is 1.54. The molecule has 0 radical (unpaired) electrons. The fraction of sp³-hybridized carbons (Fsp3) is 0.412. The van der Waals surface area contributed by atoms with E-state index < -0.39 is 0 Å². The highest BCUT2D eigenvalue weighted by molar-refractivity contribution is 8.26. The Hall–Kier alpha value is -0.750. The van der Waals surface area contributed by atoms with Gasteiger partial charge in [-0.05, 0) is 31.1 Å². The minimum Gasteiger partial charge on any atom is -0.495 e. The first-order valence-electron chi connectivity index (χ1n) is 7.81. The van der Waals surface area contributed by atoms with Crippen LogP contribution in [0.5, 0.6) is 5.75 Å². The second-order valence-electron chi connectivity index (χ2n) is 5.85. The second-order valence-corrected chi connectivity index (χ2v) is 8.37. The molecule has 0 aromatic heterocycles. The number of halogens is 2. The molecule has 24 heavy (non-hydrogen) atoms. The van der Waals surface area contributed by atoms with Gasteiger partial charge in [0.25, 0.3) is 5.91 Å². The van der Waals surface area contributed by atoms with Crippen LogP contribution in [-0.4, -0.2) is 28.3 Å². The molecule has 0 unspecified atom stereocenters. The van der Waals surface area contributed by atoms with Gasteiger partial charge in [0.1, 0.15) is 10.1 Å². The summed E-state index contributed by atoms with van der Waals surface area (Å²) in [4.78, 5) is 15.2. The first-order valence-corrected chi connectivity index (χ1v) is 9.79. The Labute approximate surface area is 161 Å². The molecule has 1 aromatic rings. The van der Waals surface area contributed by atoms with Gasteiger partial charge in [-0.2, -0.15) is 0 Å². The van der Waals surface area contributed by atoms with Gasteiger partial charge in [-0.1, -0.05) is 66.4 Å². The molecule has 1 aromatic carbocycles. The molecule has 0 atom stereocenters. The number of carbonyl (C=O) groups is 1. The molecule has 1 aliphatic heterocycles. The Morgan fingerprint density at radius 1 is 1.29 bits per heavy atom. The van der Waals surface area contributed by atoms with Crippen LogP contribution in [0.4, 0.5) is 0 Å². The summed E-state index contributed by atoms with van der Waals surface area (Å²) in [5.41, 5.74) is 0.680. The van der Waals surface area contributed by atoms with Crippen molar-refractivity contribution >= 4 is 63.5 Å². The number of carbonyl (C=O) groups excluding carboxylic acids is 1. The zero-order valence-electron chi connectivity index (χ0n) is 13.2. The van der Waals surface area contributed by atoms with Gasteiger partial charge >= 0.3 is 0 Å². The highest BCUT2D eigenvalue weighted by atomic mass is 35.5. The van der Waals surface area contributed by atoms with Crippen LogP contribution < -0.4 is 4.74 Å². The lowest BCUT2D eigenvalue weighted by atomic mass is 9.94. The van der Waals surface area contributed by atoms with E-state index in [2.05, 4.69) is 0 Å². The zero-order valence-corrected chi connectivity index (χ0v) is 16.3. The SMILES string of the molecule is COc1c(Cl)cc(Cl)cc1C=C1SC(=S)N(C2CCCCC2)C1=O. The fourth-order valence-electron chi connectivity index (χ4n) is 3.18. The lowest BCUT2D eigenvalue weighted by molar-refractivity contribution is -0.124. The van der Waals surface area contributed by atoms with Gasteiger partial charge in [-0.15, -0.1) is 0 Å². The maximum atomic E-state index is 12.8. The summed E-state index contributed by atoms with van der Waals surface area (Å²) in [5, 5.41) is 0.911. The van der Waals surface area contributed by atoms with Crippen molar-refractivity contribution in [2.45, 2.75) is 38.1 Å². The Kier molecular flexibility index (Phi) is 5.75. The third-order valence-electron chi connectivity index (χ3n) is 4.29. The molecule has 1 amide bonds. The van der Waals surface area contributed by atoms with Crippen molar-refractivity contribution in [2.75, 3.05) is 7.11 Å². The number of thiocarbonyl (C=S) groups is 1. The fourth-order valence-corrected chi connectivity index (χ4v) is 5.16. The average Bonchev–Trinajstić information content (AvgIpc) is 2.82. The van der Waals surface area contributed by atoms with Crippen LogP contribution in [0.1, 0.15) is 37.7 Å². The van der Waals surface area contributed by atoms with Crippen molar-refractivity contribution in [1.82, 2.24) is 4.90 Å². The van der Waals surface area contributed by atoms with Crippen LogP contribution in [0.15, 0.2) is 17.0 Å². The quantitative estimate of drug-likeness (QED) is 0.491. The number of nitrogens with zero attached hydrogens (tertiary/aromatic N) is 1. The zero-order chi connectivity index (χ0) is 17.3. The molecular formula is C17H17Cl2NO2S2. The predicted octanol–water partition coefficient (Wildman–Crippen LogP) is 5.54. The van der Waals surface area contributed by atoms with E-state index in [1.807, 2.05) is 0 Å². The highest BCUT2D eigenvalue weighted by Gasteiger charge is 2.37. The lowest BCUT2D eigenvalue weighted by Crippen LogP contribution is -2.39. The smallest absolute Gasteiger partial charge is 0.266 e. The third kappa shape index (κ3) is 3.59. The van der Waals surface area contributed by atoms with E-state index in [1.165, 1.54) is 18.2 Å². The molecule has 2 aliphatic rings. The van der Waals surface area contributed by atoms with Gasteiger partial charge in [0.2, 0.25) is 0 Å². The van der Waals surface area contributed by atoms with Crippen LogP contribution >= 0.6 is 47.2 Å². The molecule has 1 saturated carbocycles. The van der Waals surface area contributed by atoms with E-state index in [0.29, 0.717) is 30.6 Å². The summed E-state index contributed by atoms with van der Waals surface area (Å²) in [6.45, 7) is 0. The minimum atomic E-state index is -0.0324. The van der Waals surface area contributed by atoms with Gasteiger partial charge < -0.3 is 4.74 Å². The van der Waals surface area contributed by atoms with E-state index in [4.69, 9.17) is 40.2 Å². The molecule has 2 fully saturated rings. The number of thioether (sulfide) groups is 1. The molecule has 3 rings (SSSR count). The maximum Gasteiger partial charge on any atom is 0.266 e. The molecular weight excluding hydrogens is 385 g/mol. The molecule has 7 heteroatoms. The molecule has 1 aliphatic carbocycles. The Bertz CT molecular complexity index is 715. The third-order valence-corrected chi connectivity index (χ3v) is 6.12.